The summed E-state index contributed by atoms with van der Waals surface area (Å²) in [5.41, 5.74) is 0.452. The molecule has 3 heterocycles. The van der Waals surface area contributed by atoms with Crippen LogP contribution in [0.5, 0.6) is 0 Å². The third-order valence-electron chi connectivity index (χ3n) is 3.17. The Kier molecular flexibility index (Phi) is 3.52. The maximum Gasteiger partial charge on any atom is 0.253 e. The molecule has 2 aromatic heterocycles. The van der Waals surface area contributed by atoms with Crippen LogP contribution in [0, 0.1) is 0 Å². The summed E-state index contributed by atoms with van der Waals surface area (Å²) in [5.74, 6) is 0.906. The topological polar surface area (TPSA) is 46.9 Å². The van der Waals surface area contributed by atoms with Gasteiger partial charge in [0.05, 0.1) is 9.90 Å². The van der Waals surface area contributed by atoms with Crippen LogP contribution in [0.2, 0.25) is 8.67 Å². The average molecular weight is 316 g/mol. The van der Waals surface area contributed by atoms with Crippen LogP contribution in [-0.4, -0.2) is 21.5 Å². The highest BCUT2D eigenvalue weighted by molar-refractivity contribution is 7.20. The van der Waals surface area contributed by atoms with Gasteiger partial charge in [0.2, 0.25) is 0 Å². The number of imidazole rings is 1. The maximum atomic E-state index is 12.1. The molecule has 0 saturated carbocycles. The number of aromatic nitrogens is 2. The number of nitrogens with zero attached hydrogens (tertiary/aromatic N) is 2. The molecule has 3 rings (SSSR count). The van der Waals surface area contributed by atoms with Crippen LogP contribution in [-0.2, 0) is 13.0 Å². The monoisotopic (exact) mass is 315 g/mol. The number of carbonyl (C=O) groups excluding carboxylic acids is 1. The van der Waals surface area contributed by atoms with Crippen molar-refractivity contribution in [1.82, 2.24) is 14.9 Å². The van der Waals surface area contributed by atoms with Gasteiger partial charge >= 0.3 is 0 Å². The van der Waals surface area contributed by atoms with Crippen molar-refractivity contribution in [2.45, 2.75) is 25.4 Å². The lowest BCUT2D eigenvalue weighted by Crippen LogP contribution is -2.40. The molecule has 0 saturated heterocycles. The highest BCUT2D eigenvalue weighted by Crippen LogP contribution is 2.31. The smallest absolute Gasteiger partial charge is 0.253 e. The molecule has 2 aromatic rings. The lowest BCUT2D eigenvalue weighted by Gasteiger charge is -2.24. The van der Waals surface area contributed by atoms with Crippen LogP contribution in [0.1, 0.15) is 22.6 Å². The Morgan fingerprint density at radius 2 is 2.37 bits per heavy atom. The first-order valence-electron chi connectivity index (χ1n) is 5.89. The number of nitrogens with one attached hydrogen (secondary N) is 1. The van der Waals surface area contributed by atoms with Crippen LogP contribution in [0.4, 0.5) is 0 Å². The molecule has 0 aromatic carbocycles. The van der Waals surface area contributed by atoms with Crippen molar-refractivity contribution in [3.8, 4) is 0 Å². The number of aryl methyl sites for hydroxylation is 1. The van der Waals surface area contributed by atoms with Crippen molar-refractivity contribution in [2.75, 3.05) is 0 Å². The molecule has 7 heteroatoms. The van der Waals surface area contributed by atoms with Crippen molar-refractivity contribution < 1.29 is 4.79 Å². The standard InChI is InChI=1S/C12H11Cl2N3OS/c13-9-5-8(11(14)19-9)12(18)16-7-1-2-10-15-3-4-17(10)6-7/h3-5,7H,1-2,6H2,(H,16,18)/t7-/m0/s1. The van der Waals surface area contributed by atoms with E-state index < -0.39 is 0 Å². The molecule has 100 valence electrons. The Balaban J connectivity index is 1.70. The van der Waals surface area contributed by atoms with Gasteiger partial charge in [-0.25, -0.2) is 4.98 Å². The molecule has 1 amide bonds. The zero-order valence-corrected chi connectivity index (χ0v) is 12.2. The second-order valence-corrected chi connectivity index (χ2v) is 6.73. The van der Waals surface area contributed by atoms with Gasteiger partial charge in [-0.05, 0) is 12.5 Å². The summed E-state index contributed by atoms with van der Waals surface area (Å²) in [6, 6.07) is 1.71. The van der Waals surface area contributed by atoms with E-state index in [4.69, 9.17) is 23.2 Å². The highest BCUT2D eigenvalue weighted by atomic mass is 35.5. The van der Waals surface area contributed by atoms with E-state index >= 15 is 0 Å². The predicted molar refractivity (Wildman–Crippen MR) is 76.1 cm³/mol. The predicted octanol–water partition coefficient (Wildman–Crippen LogP) is 3.00. The molecule has 19 heavy (non-hydrogen) atoms. The van der Waals surface area contributed by atoms with E-state index in [2.05, 4.69) is 14.9 Å². The van der Waals surface area contributed by atoms with Crippen molar-refractivity contribution in [1.29, 1.82) is 0 Å². The Morgan fingerprint density at radius 3 is 3.11 bits per heavy atom. The van der Waals surface area contributed by atoms with Crippen molar-refractivity contribution in [3.63, 3.8) is 0 Å². The van der Waals surface area contributed by atoms with Crippen LogP contribution in [0.25, 0.3) is 0 Å². The minimum Gasteiger partial charge on any atom is -0.347 e. The van der Waals surface area contributed by atoms with Gasteiger partial charge in [-0.3, -0.25) is 4.79 Å². The first kappa shape index (κ1) is 13.0. The molecule has 0 fully saturated rings. The summed E-state index contributed by atoms with van der Waals surface area (Å²) in [4.78, 5) is 16.4. The molecule has 0 unspecified atom stereocenters. The van der Waals surface area contributed by atoms with Crippen molar-refractivity contribution in [2.24, 2.45) is 0 Å². The molecule has 4 nitrogen and oxygen atoms in total. The number of amides is 1. The van der Waals surface area contributed by atoms with Crippen LogP contribution >= 0.6 is 34.5 Å². The molecule has 1 aliphatic heterocycles. The van der Waals surface area contributed by atoms with Gasteiger partial charge < -0.3 is 9.88 Å². The van der Waals surface area contributed by atoms with Gasteiger partial charge in [0.25, 0.3) is 5.91 Å². The Bertz CT molecular complexity index is 622. The molecule has 1 atom stereocenters. The Labute approximate surface area is 124 Å². The second kappa shape index (κ2) is 5.15. The number of halogens is 2. The van der Waals surface area contributed by atoms with Crippen molar-refractivity contribution >= 4 is 40.4 Å². The molecular weight excluding hydrogens is 305 g/mol. The number of hydrogen-bond donors (Lipinski definition) is 1. The van der Waals surface area contributed by atoms with Crippen LogP contribution in [0.15, 0.2) is 18.5 Å². The third kappa shape index (κ3) is 2.63. The van der Waals surface area contributed by atoms with Gasteiger partial charge in [0.15, 0.2) is 0 Å². The summed E-state index contributed by atoms with van der Waals surface area (Å²) in [7, 11) is 0. The molecule has 0 radical (unpaired) electrons. The summed E-state index contributed by atoms with van der Waals surface area (Å²) in [5, 5.41) is 3.00. The van der Waals surface area contributed by atoms with E-state index in [1.165, 1.54) is 11.3 Å². The molecule has 1 N–H and O–H groups in total. The number of thiophene rings is 1. The normalized spacial score (nSPS) is 18.1. The fourth-order valence-corrected chi connectivity index (χ4v) is 3.70. The van der Waals surface area contributed by atoms with Crippen LogP contribution < -0.4 is 5.32 Å². The number of rotatable bonds is 2. The van der Waals surface area contributed by atoms with Gasteiger partial charge in [0.1, 0.15) is 10.2 Å². The molecule has 0 aliphatic carbocycles. The van der Waals surface area contributed by atoms with E-state index in [1.54, 1.807) is 12.3 Å². The summed E-state index contributed by atoms with van der Waals surface area (Å²) < 4.78 is 3.02. The fourth-order valence-electron chi connectivity index (χ4n) is 2.24. The van der Waals surface area contributed by atoms with E-state index in [9.17, 15) is 4.79 Å². The van der Waals surface area contributed by atoms with Gasteiger partial charge in [-0.15, -0.1) is 11.3 Å². The van der Waals surface area contributed by atoms with E-state index in [0.717, 1.165) is 25.2 Å². The summed E-state index contributed by atoms with van der Waals surface area (Å²) in [6.45, 7) is 0.747. The zero-order chi connectivity index (χ0) is 13.4. The second-order valence-electron chi connectivity index (χ2n) is 4.44. The van der Waals surface area contributed by atoms with Crippen molar-refractivity contribution in [3.05, 3.63) is 38.5 Å². The van der Waals surface area contributed by atoms with Gasteiger partial charge in [0, 0.05) is 31.4 Å². The molecule has 0 spiro atoms. The Morgan fingerprint density at radius 1 is 1.53 bits per heavy atom. The third-order valence-corrected chi connectivity index (χ3v) is 4.66. The number of carbonyl (C=O) groups is 1. The lowest BCUT2D eigenvalue weighted by molar-refractivity contribution is 0.0928. The average Bonchev–Trinajstić information content (AvgIpc) is 2.94. The molecule has 1 aliphatic rings. The Hall–Kier alpha value is -1.04. The first-order chi connectivity index (χ1) is 9.13. The summed E-state index contributed by atoms with van der Waals surface area (Å²) >= 11 is 13.0. The zero-order valence-electron chi connectivity index (χ0n) is 9.90. The van der Waals surface area contributed by atoms with E-state index in [-0.39, 0.29) is 11.9 Å². The van der Waals surface area contributed by atoms with E-state index in [0.29, 0.717) is 14.2 Å². The number of hydrogen-bond acceptors (Lipinski definition) is 3. The highest BCUT2D eigenvalue weighted by Gasteiger charge is 2.22. The SMILES string of the molecule is O=C(N[C@H]1CCc2nccn2C1)c1cc(Cl)sc1Cl. The molecular formula is C12H11Cl2N3OS. The quantitative estimate of drug-likeness (QED) is 0.926. The number of fused-ring (bicyclic) bond motifs is 1. The largest absolute Gasteiger partial charge is 0.347 e. The van der Waals surface area contributed by atoms with Gasteiger partial charge in [-0.1, -0.05) is 23.2 Å². The minimum atomic E-state index is -0.165. The molecule has 0 bridgehead atoms. The minimum absolute atomic E-state index is 0.101. The van der Waals surface area contributed by atoms with Gasteiger partial charge in [-0.2, -0.15) is 0 Å². The fraction of sp³-hybridized carbons (Fsp3) is 0.333. The van der Waals surface area contributed by atoms with Crippen LogP contribution in [0.3, 0.4) is 0 Å². The summed E-state index contributed by atoms with van der Waals surface area (Å²) in [6.07, 6.45) is 5.48. The maximum absolute atomic E-state index is 12.1. The first-order valence-corrected chi connectivity index (χ1v) is 7.46. The lowest BCUT2D eigenvalue weighted by atomic mass is 10.1. The van der Waals surface area contributed by atoms with E-state index in [1.807, 2.05) is 6.20 Å².